The van der Waals surface area contributed by atoms with Gasteiger partial charge in [0.1, 0.15) is 5.82 Å². The standard InChI is InChI=1S/C15H23N3/c1-11-5-7-18(8-6-11)15-14(10-16-4)12(2)9-13(3)17-15/h5,9,16H,6-8,10H2,1-4H3. The van der Waals surface area contributed by atoms with Gasteiger partial charge in [0.15, 0.2) is 0 Å². The fraction of sp³-hybridized carbons (Fsp3) is 0.533. The number of hydrogen-bond donors (Lipinski definition) is 1. The Balaban J connectivity index is 2.36. The monoisotopic (exact) mass is 245 g/mol. The number of anilines is 1. The summed E-state index contributed by atoms with van der Waals surface area (Å²) in [6.45, 7) is 9.41. The molecule has 1 aromatic heterocycles. The van der Waals surface area contributed by atoms with Gasteiger partial charge in [0.05, 0.1) is 0 Å². The number of nitrogens with zero attached hydrogens (tertiary/aromatic N) is 2. The molecule has 1 N–H and O–H groups in total. The lowest BCUT2D eigenvalue weighted by Gasteiger charge is -2.29. The van der Waals surface area contributed by atoms with E-state index in [4.69, 9.17) is 4.98 Å². The van der Waals surface area contributed by atoms with Crippen LogP contribution in [0.15, 0.2) is 17.7 Å². The van der Waals surface area contributed by atoms with E-state index in [2.05, 4.69) is 43.1 Å². The molecule has 3 nitrogen and oxygen atoms in total. The third kappa shape index (κ3) is 2.72. The van der Waals surface area contributed by atoms with Gasteiger partial charge >= 0.3 is 0 Å². The number of nitrogens with one attached hydrogen (secondary N) is 1. The molecule has 0 radical (unpaired) electrons. The molecular formula is C15H23N3. The van der Waals surface area contributed by atoms with Crippen molar-refractivity contribution in [2.75, 3.05) is 25.0 Å². The lowest BCUT2D eigenvalue weighted by atomic mass is 10.1. The molecule has 3 heteroatoms. The molecule has 0 atom stereocenters. The van der Waals surface area contributed by atoms with Crippen molar-refractivity contribution in [3.05, 3.63) is 34.5 Å². The van der Waals surface area contributed by atoms with Crippen LogP contribution in [0.2, 0.25) is 0 Å². The number of pyridine rings is 1. The quantitative estimate of drug-likeness (QED) is 0.830. The summed E-state index contributed by atoms with van der Waals surface area (Å²) in [5.41, 5.74) is 5.26. The molecule has 2 rings (SSSR count). The van der Waals surface area contributed by atoms with Gasteiger partial charge in [0, 0.05) is 30.9 Å². The molecule has 0 amide bonds. The fourth-order valence-electron chi connectivity index (χ4n) is 2.46. The van der Waals surface area contributed by atoms with Crippen molar-refractivity contribution in [2.45, 2.75) is 33.7 Å². The Kier molecular flexibility index (Phi) is 4.02. The Morgan fingerprint density at radius 1 is 1.33 bits per heavy atom. The zero-order valence-corrected chi connectivity index (χ0v) is 11.9. The predicted molar refractivity (Wildman–Crippen MR) is 77.1 cm³/mol. The van der Waals surface area contributed by atoms with E-state index in [1.54, 1.807) is 0 Å². The van der Waals surface area contributed by atoms with E-state index in [1.165, 1.54) is 16.7 Å². The maximum Gasteiger partial charge on any atom is 0.133 e. The second kappa shape index (κ2) is 5.53. The van der Waals surface area contributed by atoms with Crippen LogP contribution in [0.5, 0.6) is 0 Å². The molecular weight excluding hydrogens is 222 g/mol. The van der Waals surface area contributed by atoms with Gasteiger partial charge in [0.2, 0.25) is 0 Å². The molecule has 0 unspecified atom stereocenters. The van der Waals surface area contributed by atoms with Gasteiger partial charge in [-0.1, -0.05) is 11.6 Å². The molecule has 98 valence electrons. The highest BCUT2D eigenvalue weighted by Gasteiger charge is 2.16. The molecule has 0 fully saturated rings. The Bertz CT molecular complexity index is 463. The number of aromatic nitrogens is 1. The van der Waals surface area contributed by atoms with Crippen molar-refractivity contribution >= 4 is 5.82 Å². The Labute approximate surface area is 110 Å². The summed E-state index contributed by atoms with van der Waals surface area (Å²) >= 11 is 0. The Morgan fingerprint density at radius 3 is 2.72 bits per heavy atom. The smallest absolute Gasteiger partial charge is 0.133 e. The van der Waals surface area contributed by atoms with Crippen LogP contribution in [-0.2, 0) is 6.54 Å². The topological polar surface area (TPSA) is 28.2 Å². The highest BCUT2D eigenvalue weighted by atomic mass is 15.2. The lowest BCUT2D eigenvalue weighted by molar-refractivity contribution is 0.746. The minimum Gasteiger partial charge on any atom is -0.352 e. The molecule has 0 saturated carbocycles. The zero-order chi connectivity index (χ0) is 13.1. The van der Waals surface area contributed by atoms with Crippen LogP contribution in [0.25, 0.3) is 0 Å². The summed E-state index contributed by atoms with van der Waals surface area (Å²) in [4.78, 5) is 7.15. The van der Waals surface area contributed by atoms with Crippen molar-refractivity contribution in [2.24, 2.45) is 0 Å². The maximum atomic E-state index is 4.76. The van der Waals surface area contributed by atoms with Crippen LogP contribution in [0.4, 0.5) is 5.82 Å². The van der Waals surface area contributed by atoms with Crippen LogP contribution >= 0.6 is 0 Å². The Hall–Kier alpha value is -1.35. The van der Waals surface area contributed by atoms with Crippen LogP contribution in [-0.4, -0.2) is 25.1 Å². The highest BCUT2D eigenvalue weighted by Crippen LogP contribution is 2.25. The largest absolute Gasteiger partial charge is 0.352 e. The molecule has 1 aliphatic rings. The average Bonchev–Trinajstić information content (AvgIpc) is 2.33. The minimum atomic E-state index is 0.883. The zero-order valence-electron chi connectivity index (χ0n) is 11.9. The van der Waals surface area contributed by atoms with E-state index >= 15 is 0 Å². The third-order valence-corrected chi connectivity index (χ3v) is 3.54. The predicted octanol–water partition coefficient (Wildman–Crippen LogP) is 2.57. The van der Waals surface area contributed by atoms with Crippen LogP contribution in [0.3, 0.4) is 0 Å². The molecule has 0 bridgehead atoms. The van der Waals surface area contributed by atoms with Gasteiger partial charge in [-0.25, -0.2) is 4.98 Å². The highest BCUT2D eigenvalue weighted by molar-refractivity contribution is 5.52. The summed E-state index contributed by atoms with van der Waals surface area (Å²) in [5, 5.41) is 3.25. The first-order valence-electron chi connectivity index (χ1n) is 6.64. The van der Waals surface area contributed by atoms with Gasteiger partial charge in [0.25, 0.3) is 0 Å². The van der Waals surface area contributed by atoms with E-state index < -0.39 is 0 Å². The van der Waals surface area contributed by atoms with E-state index in [-0.39, 0.29) is 0 Å². The molecule has 2 heterocycles. The molecule has 1 aliphatic heterocycles. The average molecular weight is 245 g/mol. The molecule has 0 aliphatic carbocycles. The fourth-order valence-corrected chi connectivity index (χ4v) is 2.46. The summed E-state index contributed by atoms with van der Waals surface area (Å²) in [6.07, 6.45) is 3.46. The summed E-state index contributed by atoms with van der Waals surface area (Å²) in [6, 6.07) is 2.17. The molecule has 0 saturated heterocycles. The molecule has 0 aromatic carbocycles. The van der Waals surface area contributed by atoms with Crippen LogP contribution in [0, 0.1) is 13.8 Å². The van der Waals surface area contributed by atoms with Crippen LogP contribution < -0.4 is 10.2 Å². The normalized spacial score (nSPS) is 15.8. The van der Waals surface area contributed by atoms with Crippen molar-refractivity contribution in [1.29, 1.82) is 0 Å². The summed E-state index contributed by atoms with van der Waals surface area (Å²) in [7, 11) is 1.99. The SMILES string of the molecule is CNCc1c(C)cc(C)nc1N1CC=C(C)CC1. The molecule has 0 spiro atoms. The first-order chi connectivity index (χ1) is 8.61. The van der Waals surface area contributed by atoms with E-state index in [0.29, 0.717) is 0 Å². The number of rotatable bonds is 3. The van der Waals surface area contributed by atoms with E-state index in [0.717, 1.165) is 37.6 Å². The van der Waals surface area contributed by atoms with Gasteiger partial charge in [-0.05, 0) is 45.9 Å². The second-order valence-corrected chi connectivity index (χ2v) is 5.16. The van der Waals surface area contributed by atoms with E-state index in [9.17, 15) is 0 Å². The van der Waals surface area contributed by atoms with E-state index in [1.807, 2.05) is 7.05 Å². The summed E-state index contributed by atoms with van der Waals surface area (Å²) in [5.74, 6) is 1.16. The maximum absolute atomic E-state index is 4.76. The summed E-state index contributed by atoms with van der Waals surface area (Å²) < 4.78 is 0. The lowest BCUT2D eigenvalue weighted by Crippen LogP contribution is -2.31. The van der Waals surface area contributed by atoms with Crippen LogP contribution in [0.1, 0.15) is 30.2 Å². The number of aryl methyl sites for hydroxylation is 2. The first kappa shape index (κ1) is 13.1. The number of hydrogen-bond acceptors (Lipinski definition) is 3. The van der Waals surface area contributed by atoms with Gasteiger partial charge in [-0.2, -0.15) is 0 Å². The minimum absolute atomic E-state index is 0.883. The molecule has 1 aromatic rings. The first-order valence-corrected chi connectivity index (χ1v) is 6.64. The van der Waals surface area contributed by atoms with Crippen molar-refractivity contribution in [3.8, 4) is 0 Å². The van der Waals surface area contributed by atoms with Crippen molar-refractivity contribution in [1.82, 2.24) is 10.3 Å². The Morgan fingerprint density at radius 2 is 2.11 bits per heavy atom. The van der Waals surface area contributed by atoms with Crippen molar-refractivity contribution in [3.63, 3.8) is 0 Å². The molecule has 18 heavy (non-hydrogen) atoms. The van der Waals surface area contributed by atoms with Gasteiger partial charge < -0.3 is 10.2 Å². The van der Waals surface area contributed by atoms with Gasteiger partial charge in [-0.3, -0.25) is 0 Å². The van der Waals surface area contributed by atoms with Gasteiger partial charge in [-0.15, -0.1) is 0 Å². The van der Waals surface area contributed by atoms with Crippen molar-refractivity contribution < 1.29 is 0 Å². The second-order valence-electron chi connectivity index (χ2n) is 5.16. The third-order valence-electron chi connectivity index (χ3n) is 3.54.